The molecule has 0 aliphatic rings. The number of aryl methyl sites for hydroxylation is 2. The van der Waals surface area contributed by atoms with Crippen LogP contribution in [0, 0.1) is 6.92 Å². The van der Waals surface area contributed by atoms with Crippen LogP contribution in [-0.4, -0.2) is 26.1 Å². The molecule has 1 aromatic carbocycles. The lowest BCUT2D eigenvalue weighted by Crippen LogP contribution is -2.10. The number of imidazole rings is 1. The number of hydrogen-bond donors (Lipinski definition) is 3. The van der Waals surface area contributed by atoms with Crippen LogP contribution in [0.5, 0.6) is 0 Å². The Morgan fingerprint density at radius 3 is 2.67 bits per heavy atom. The van der Waals surface area contributed by atoms with Gasteiger partial charge < -0.3 is 20.9 Å². The van der Waals surface area contributed by atoms with E-state index in [2.05, 4.69) is 32.5 Å². The second kappa shape index (κ2) is 7.45. The molecule has 0 radical (unpaired) electrons. The van der Waals surface area contributed by atoms with Crippen molar-refractivity contribution in [3.8, 4) is 0 Å². The molecule has 0 amide bonds. The number of rotatable bonds is 7. The summed E-state index contributed by atoms with van der Waals surface area (Å²) in [5.41, 5.74) is 8.83. The Balaban J connectivity index is 1.59. The summed E-state index contributed by atoms with van der Waals surface area (Å²) in [5, 5.41) is 6.48. The molecule has 7 nitrogen and oxygen atoms in total. The van der Waals surface area contributed by atoms with Gasteiger partial charge in [0.1, 0.15) is 12.0 Å². The quantitative estimate of drug-likeness (QED) is 0.579. The Kier molecular flexibility index (Phi) is 4.90. The van der Waals surface area contributed by atoms with Crippen molar-refractivity contribution >= 4 is 23.0 Å². The van der Waals surface area contributed by atoms with Gasteiger partial charge in [-0.1, -0.05) is 17.7 Å². The first-order chi connectivity index (χ1) is 11.7. The molecule has 0 saturated heterocycles. The van der Waals surface area contributed by atoms with E-state index in [1.807, 2.05) is 41.4 Å². The molecule has 0 unspecified atom stereocenters. The van der Waals surface area contributed by atoms with Gasteiger partial charge in [0, 0.05) is 31.2 Å². The van der Waals surface area contributed by atoms with E-state index in [1.165, 1.54) is 11.9 Å². The van der Waals surface area contributed by atoms with Gasteiger partial charge in [-0.2, -0.15) is 0 Å². The second-order valence-corrected chi connectivity index (χ2v) is 5.56. The van der Waals surface area contributed by atoms with Crippen LogP contribution in [0.4, 0.5) is 23.0 Å². The number of anilines is 4. The predicted molar refractivity (Wildman–Crippen MR) is 96.2 cm³/mol. The zero-order valence-electron chi connectivity index (χ0n) is 13.6. The first kappa shape index (κ1) is 15.8. The maximum absolute atomic E-state index is 6.17. The van der Waals surface area contributed by atoms with Crippen molar-refractivity contribution in [2.24, 2.45) is 0 Å². The molecule has 0 saturated carbocycles. The number of hydrogen-bond acceptors (Lipinski definition) is 6. The normalized spacial score (nSPS) is 10.5. The highest BCUT2D eigenvalue weighted by Gasteiger charge is 2.08. The Bertz CT molecular complexity index is 766. The first-order valence-electron chi connectivity index (χ1n) is 7.86. The summed E-state index contributed by atoms with van der Waals surface area (Å²) in [7, 11) is 0. The third kappa shape index (κ3) is 4.01. The maximum Gasteiger partial charge on any atom is 0.159 e. The molecule has 0 bridgehead atoms. The van der Waals surface area contributed by atoms with Crippen molar-refractivity contribution in [3.05, 3.63) is 54.9 Å². The minimum absolute atomic E-state index is 0.515. The topological polar surface area (TPSA) is 93.7 Å². The molecule has 4 N–H and O–H groups in total. The summed E-state index contributed by atoms with van der Waals surface area (Å²) in [6.07, 6.45) is 7.98. The van der Waals surface area contributed by atoms with E-state index in [9.17, 15) is 0 Å². The van der Waals surface area contributed by atoms with Crippen LogP contribution in [-0.2, 0) is 6.54 Å². The Morgan fingerprint density at radius 2 is 1.92 bits per heavy atom. The lowest BCUT2D eigenvalue weighted by Gasteiger charge is -2.12. The summed E-state index contributed by atoms with van der Waals surface area (Å²) in [4.78, 5) is 12.5. The highest BCUT2D eigenvalue weighted by atomic mass is 15.1. The summed E-state index contributed by atoms with van der Waals surface area (Å²) in [6, 6.07) is 8.06. The van der Waals surface area contributed by atoms with Gasteiger partial charge in [0.05, 0.1) is 6.33 Å². The van der Waals surface area contributed by atoms with E-state index < -0.39 is 0 Å². The van der Waals surface area contributed by atoms with Crippen LogP contribution >= 0.6 is 0 Å². The van der Waals surface area contributed by atoms with Gasteiger partial charge in [-0.3, -0.25) is 0 Å². The van der Waals surface area contributed by atoms with E-state index in [4.69, 9.17) is 5.73 Å². The van der Waals surface area contributed by atoms with Crippen molar-refractivity contribution in [1.29, 1.82) is 0 Å². The fraction of sp³-hybridized carbons (Fsp3) is 0.235. The number of nitrogens with one attached hydrogen (secondary N) is 2. The fourth-order valence-electron chi connectivity index (χ4n) is 2.30. The molecular weight excluding hydrogens is 302 g/mol. The number of nitrogens with two attached hydrogens (primary N) is 1. The Hall–Kier alpha value is -3.09. The fourth-order valence-corrected chi connectivity index (χ4v) is 2.30. The number of benzene rings is 1. The molecule has 3 aromatic rings. The smallest absolute Gasteiger partial charge is 0.159 e. The third-order valence-electron chi connectivity index (χ3n) is 3.64. The average Bonchev–Trinajstić information content (AvgIpc) is 3.10. The molecule has 0 fully saturated rings. The second-order valence-electron chi connectivity index (χ2n) is 5.56. The van der Waals surface area contributed by atoms with Gasteiger partial charge in [0.2, 0.25) is 0 Å². The van der Waals surface area contributed by atoms with Crippen LogP contribution in [0.15, 0.2) is 49.3 Å². The predicted octanol–water partition coefficient (Wildman–Crippen LogP) is 2.81. The van der Waals surface area contributed by atoms with Crippen molar-refractivity contribution in [2.75, 3.05) is 22.9 Å². The molecule has 24 heavy (non-hydrogen) atoms. The number of aromatic nitrogens is 4. The van der Waals surface area contributed by atoms with Crippen LogP contribution in [0.25, 0.3) is 0 Å². The zero-order chi connectivity index (χ0) is 16.8. The van der Waals surface area contributed by atoms with Gasteiger partial charge in [-0.25, -0.2) is 15.0 Å². The molecular formula is C17H21N7. The monoisotopic (exact) mass is 323 g/mol. The summed E-state index contributed by atoms with van der Waals surface area (Å²) in [6.45, 7) is 3.71. The van der Waals surface area contributed by atoms with E-state index in [0.717, 1.165) is 25.2 Å². The standard InChI is InChI=1S/C17H21N7/c1-13-3-5-14(6-4-13)23-17-15(18)16(21-11-22-17)20-7-2-9-24-10-8-19-12-24/h3-6,8,10-12H,2,7,9,18H2,1H3,(H2,20,21,22,23). The minimum atomic E-state index is 0.515. The number of nitrogen functional groups attached to an aromatic ring is 1. The largest absolute Gasteiger partial charge is 0.393 e. The molecule has 7 heteroatoms. The highest BCUT2D eigenvalue weighted by Crippen LogP contribution is 2.25. The molecule has 0 aliphatic heterocycles. The molecule has 2 aromatic heterocycles. The summed E-state index contributed by atoms with van der Waals surface area (Å²) < 4.78 is 2.04. The molecule has 2 heterocycles. The molecule has 0 aliphatic carbocycles. The van der Waals surface area contributed by atoms with Crippen molar-refractivity contribution in [1.82, 2.24) is 19.5 Å². The van der Waals surface area contributed by atoms with Gasteiger partial charge in [0.15, 0.2) is 11.6 Å². The van der Waals surface area contributed by atoms with E-state index in [-0.39, 0.29) is 0 Å². The zero-order valence-corrected chi connectivity index (χ0v) is 13.6. The van der Waals surface area contributed by atoms with Crippen LogP contribution < -0.4 is 16.4 Å². The lowest BCUT2D eigenvalue weighted by atomic mass is 10.2. The van der Waals surface area contributed by atoms with Crippen molar-refractivity contribution in [2.45, 2.75) is 19.9 Å². The van der Waals surface area contributed by atoms with Gasteiger partial charge in [0.25, 0.3) is 0 Å². The summed E-state index contributed by atoms with van der Waals surface area (Å²) in [5.74, 6) is 1.25. The van der Waals surface area contributed by atoms with Crippen LogP contribution in [0.2, 0.25) is 0 Å². The van der Waals surface area contributed by atoms with Gasteiger partial charge in [-0.05, 0) is 25.5 Å². The van der Waals surface area contributed by atoms with Crippen molar-refractivity contribution in [3.63, 3.8) is 0 Å². The van der Waals surface area contributed by atoms with Gasteiger partial charge >= 0.3 is 0 Å². The average molecular weight is 323 g/mol. The highest BCUT2D eigenvalue weighted by molar-refractivity contribution is 5.77. The Morgan fingerprint density at radius 1 is 1.12 bits per heavy atom. The number of nitrogens with zero attached hydrogens (tertiary/aromatic N) is 4. The van der Waals surface area contributed by atoms with Crippen molar-refractivity contribution < 1.29 is 0 Å². The van der Waals surface area contributed by atoms with E-state index in [0.29, 0.717) is 17.3 Å². The molecule has 0 atom stereocenters. The van der Waals surface area contributed by atoms with Gasteiger partial charge in [-0.15, -0.1) is 0 Å². The van der Waals surface area contributed by atoms with Crippen LogP contribution in [0.1, 0.15) is 12.0 Å². The Labute approximate surface area is 141 Å². The maximum atomic E-state index is 6.17. The van der Waals surface area contributed by atoms with E-state index in [1.54, 1.807) is 6.20 Å². The SMILES string of the molecule is Cc1ccc(Nc2ncnc(NCCCn3ccnc3)c2N)cc1. The molecule has 3 rings (SSSR count). The summed E-state index contributed by atoms with van der Waals surface area (Å²) >= 11 is 0. The lowest BCUT2D eigenvalue weighted by molar-refractivity contribution is 0.660. The molecule has 124 valence electrons. The molecule has 0 spiro atoms. The van der Waals surface area contributed by atoms with Crippen LogP contribution in [0.3, 0.4) is 0 Å². The first-order valence-corrected chi connectivity index (χ1v) is 7.86. The minimum Gasteiger partial charge on any atom is -0.393 e. The third-order valence-corrected chi connectivity index (χ3v) is 3.64. The van der Waals surface area contributed by atoms with E-state index >= 15 is 0 Å².